The standard InChI is InChI=1S/C16H15N3O/c1-9-3-6-14-12(7-9)13(8-18-14)15-11(16(17)20)5-4-10(2)19-15/h3-8,18H,1-2H3,(H2,17,20). The van der Waals surface area contributed by atoms with Gasteiger partial charge in [0.15, 0.2) is 0 Å². The Bertz CT molecular complexity index is 818. The number of H-pyrrole nitrogens is 1. The van der Waals surface area contributed by atoms with Gasteiger partial charge in [-0.3, -0.25) is 9.78 Å². The molecule has 20 heavy (non-hydrogen) atoms. The van der Waals surface area contributed by atoms with Crippen molar-refractivity contribution >= 4 is 16.8 Å². The lowest BCUT2D eigenvalue weighted by Crippen LogP contribution is -2.13. The summed E-state index contributed by atoms with van der Waals surface area (Å²) in [4.78, 5) is 19.3. The van der Waals surface area contributed by atoms with Gasteiger partial charge in [0.05, 0.1) is 11.3 Å². The number of aromatic amines is 1. The number of benzene rings is 1. The van der Waals surface area contributed by atoms with Gasteiger partial charge in [0.25, 0.3) is 5.91 Å². The summed E-state index contributed by atoms with van der Waals surface area (Å²) >= 11 is 0. The Morgan fingerprint density at radius 3 is 2.75 bits per heavy atom. The maximum atomic E-state index is 11.6. The van der Waals surface area contributed by atoms with Gasteiger partial charge in [-0.1, -0.05) is 11.6 Å². The van der Waals surface area contributed by atoms with E-state index in [0.717, 1.165) is 27.7 Å². The molecule has 0 saturated carbocycles. The molecule has 4 nitrogen and oxygen atoms in total. The van der Waals surface area contributed by atoms with Crippen LogP contribution in [0.4, 0.5) is 0 Å². The number of aryl methyl sites for hydroxylation is 2. The van der Waals surface area contributed by atoms with Crippen molar-refractivity contribution in [1.82, 2.24) is 9.97 Å². The number of hydrogen-bond donors (Lipinski definition) is 2. The molecule has 3 N–H and O–H groups in total. The normalized spacial score (nSPS) is 10.9. The molecule has 3 rings (SSSR count). The number of carbonyl (C=O) groups excluding carboxylic acids is 1. The molecule has 0 fully saturated rings. The third-order valence-electron chi connectivity index (χ3n) is 3.39. The summed E-state index contributed by atoms with van der Waals surface area (Å²) in [6.45, 7) is 3.93. The highest BCUT2D eigenvalue weighted by Crippen LogP contribution is 2.30. The first-order chi connectivity index (χ1) is 9.56. The molecule has 0 atom stereocenters. The molecule has 1 aromatic carbocycles. The molecule has 2 heterocycles. The maximum Gasteiger partial charge on any atom is 0.250 e. The summed E-state index contributed by atoms with van der Waals surface area (Å²) in [7, 11) is 0. The molecule has 0 spiro atoms. The van der Waals surface area contributed by atoms with Crippen molar-refractivity contribution in [3.63, 3.8) is 0 Å². The number of nitrogens with two attached hydrogens (primary N) is 1. The highest BCUT2D eigenvalue weighted by molar-refractivity contribution is 6.04. The molecule has 0 radical (unpaired) electrons. The van der Waals surface area contributed by atoms with Crippen LogP contribution in [0, 0.1) is 13.8 Å². The average Bonchev–Trinajstić information content (AvgIpc) is 2.81. The highest BCUT2D eigenvalue weighted by atomic mass is 16.1. The van der Waals surface area contributed by atoms with Crippen molar-refractivity contribution in [2.24, 2.45) is 5.73 Å². The summed E-state index contributed by atoms with van der Waals surface area (Å²) in [6.07, 6.45) is 1.87. The Balaban J connectivity index is 2.33. The third kappa shape index (κ3) is 1.95. The number of pyridine rings is 1. The lowest BCUT2D eigenvalue weighted by molar-refractivity contribution is 0.100. The second kappa shape index (κ2) is 4.49. The van der Waals surface area contributed by atoms with Crippen LogP contribution in [-0.4, -0.2) is 15.9 Å². The average molecular weight is 265 g/mol. The van der Waals surface area contributed by atoms with Crippen LogP contribution in [0.5, 0.6) is 0 Å². The summed E-state index contributed by atoms with van der Waals surface area (Å²) in [5, 5.41) is 1.05. The summed E-state index contributed by atoms with van der Waals surface area (Å²) < 4.78 is 0. The van der Waals surface area contributed by atoms with Crippen molar-refractivity contribution in [3.8, 4) is 11.3 Å². The van der Waals surface area contributed by atoms with E-state index in [-0.39, 0.29) is 0 Å². The number of amides is 1. The van der Waals surface area contributed by atoms with E-state index in [1.54, 1.807) is 12.1 Å². The zero-order valence-corrected chi connectivity index (χ0v) is 11.4. The fourth-order valence-electron chi connectivity index (χ4n) is 2.39. The van der Waals surface area contributed by atoms with Crippen LogP contribution in [0.1, 0.15) is 21.6 Å². The minimum Gasteiger partial charge on any atom is -0.366 e. The van der Waals surface area contributed by atoms with Crippen LogP contribution < -0.4 is 5.73 Å². The highest BCUT2D eigenvalue weighted by Gasteiger charge is 2.15. The third-order valence-corrected chi connectivity index (χ3v) is 3.39. The Morgan fingerprint density at radius 1 is 1.20 bits per heavy atom. The Morgan fingerprint density at radius 2 is 2.00 bits per heavy atom. The molecule has 0 aliphatic rings. The van der Waals surface area contributed by atoms with Crippen molar-refractivity contribution < 1.29 is 4.79 Å². The van der Waals surface area contributed by atoms with Crippen LogP contribution >= 0.6 is 0 Å². The second-order valence-corrected chi connectivity index (χ2v) is 4.96. The van der Waals surface area contributed by atoms with E-state index in [1.807, 2.05) is 32.2 Å². The van der Waals surface area contributed by atoms with Crippen LogP contribution in [0.15, 0.2) is 36.5 Å². The van der Waals surface area contributed by atoms with Gasteiger partial charge in [-0.15, -0.1) is 0 Å². The zero-order valence-electron chi connectivity index (χ0n) is 11.4. The number of primary amides is 1. The Hall–Kier alpha value is -2.62. The number of fused-ring (bicyclic) bond motifs is 1. The van der Waals surface area contributed by atoms with Gasteiger partial charge in [0.2, 0.25) is 0 Å². The SMILES string of the molecule is Cc1ccc2[nH]cc(-c3nc(C)ccc3C(N)=O)c2c1. The smallest absolute Gasteiger partial charge is 0.250 e. The molecule has 3 aromatic rings. The van der Waals surface area contributed by atoms with Gasteiger partial charge in [0.1, 0.15) is 0 Å². The maximum absolute atomic E-state index is 11.6. The predicted octanol–water partition coefficient (Wildman–Crippen LogP) is 2.95. The number of rotatable bonds is 2. The monoisotopic (exact) mass is 265 g/mol. The van der Waals surface area contributed by atoms with E-state index in [4.69, 9.17) is 5.73 Å². The predicted molar refractivity (Wildman–Crippen MR) is 79.5 cm³/mol. The van der Waals surface area contributed by atoms with E-state index >= 15 is 0 Å². The van der Waals surface area contributed by atoms with Gasteiger partial charge >= 0.3 is 0 Å². The molecular formula is C16H15N3O. The Labute approximate surface area is 116 Å². The number of nitrogens with one attached hydrogen (secondary N) is 1. The van der Waals surface area contributed by atoms with Gasteiger partial charge in [-0.25, -0.2) is 0 Å². The topological polar surface area (TPSA) is 71.8 Å². The van der Waals surface area contributed by atoms with Crippen LogP contribution in [0.25, 0.3) is 22.2 Å². The van der Waals surface area contributed by atoms with Crippen molar-refractivity contribution in [1.29, 1.82) is 0 Å². The quantitative estimate of drug-likeness (QED) is 0.747. The number of aromatic nitrogens is 2. The van der Waals surface area contributed by atoms with Crippen molar-refractivity contribution in [2.45, 2.75) is 13.8 Å². The minimum absolute atomic E-state index is 0.443. The summed E-state index contributed by atoms with van der Waals surface area (Å²) in [5.74, 6) is -0.463. The second-order valence-electron chi connectivity index (χ2n) is 4.96. The van der Waals surface area contributed by atoms with E-state index in [0.29, 0.717) is 11.3 Å². The largest absolute Gasteiger partial charge is 0.366 e. The summed E-state index contributed by atoms with van der Waals surface area (Å²) in [6, 6.07) is 9.67. The van der Waals surface area contributed by atoms with Crippen LogP contribution in [0.3, 0.4) is 0 Å². The van der Waals surface area contributed by atoms with Crippen molar-refractivity contribution in [2.75, 3.05) is 0 Å². The molecule has 1 amide bonds. The molecule has 4 heteroatoms. The lowest BCUT2D eigenvalue weighted by Gasteiger charge is -2.06. The number of carbonyl (C=O) groups is 1. The molecule has 0 aliphatic carbocycles. The lowest BCUT2D eigenvalue weighted by atomic mass is 10.0. The number of hydrogen-bond acceptors (Lipinski definition) is 2. The first-order valence-electron chi connectivity index (χ1n) is 6.42. The van der Waals surface area contributed by atoms with Gasteiger partial charge in [0, 0.05) is 28.4 Å². The van der Waals surface area contributed by atoms with Gasteiger partial charge in [-0.2, -0.15) is 0 Å². The first-order valence-corrected chi connectivity index (χ1v) is 6.42. The summed E-state index contributed by atoms with van der Waals surface area (Å²) in [5.41, 5.74) is 10.5. The molecule has 0 unspecified atom stereocenters. The molecular weight excluding hydrogens is 250 g/mol. The molecule has 0 aliphatic heterocycles. The molecule has 2 aromatic heterocycles. The van der Waals surface area contributed by atoms with E-state index in [9.17, 15) is 4.79 Å². The minimum atomic E-state index is -0.463. The Kier molecular flexibility index (Phi) is 2.79. The van der Waals surface area contributed by atoms with Gasteiger partial charge in [-0.05, 0) is 38.1 Å². The molecule has 100 valence electrons. The van der Waals surface area contributed by atoms with E-state index in [1.165, 1.54) is 0 Å². The molecule has 0 saturated heterocycles. The fourth-order valence-corrected chi connectivity index (χ4v) is 2.39. The van der Waals surface area contributed by atoms with Crippen LogP contribution in [-0.2, 0) is 0 Å². The fraction of sp³-hybridized carbons (Fsp3) is 0.125. The van der Waals surface area contributed by atoms with Crippen molar-refractivity contribution in [3.05, 3.63) is 53.3 Å². The van der Waals surface area contributed by atoms with Gasteiger partial charge < -0.3 is 10.7 Å². The van der Waals surface area contributed by atoms with Crippen LogP contribution in [0.2, 0.25) is 0 Å². The molecule has 0 bridgehead atoms. The number of nitrogens with zero attached hydrogens (tertiary/aromatic N) is 1. The van der Waals surface area contributed by atoms with E-state index in [2.05, 4.69) is 16.0 Å². The first kappa shape index (κ1) is 12.4. The zero-order chi connectivity index (χ0) is 14.3. The van der Waals surface area contributed by atoms with E-state index < -0.39 is 5.91 Å².